The van der Waals surface area contributed by atoms with Crippen LogP contribution < -0.4 is 34.3 Å². The number of benzene rings is 2. The predicted octanol–water partition coefficient (Wildman–Crippen LogP) is 2.93. The molecule has 0 saturated heterocycles. The second kappa shape index (κ2) is 9.65. The second-order valence-electron chi connectivity index (χ2n) is 6.75. The average molecular weight is 471 g/mol. The molecule has 0 saturated carbocycles. The predicted molar refractivity (Wildman–Crippen MR) is 121 cm³/mol. The molecule has 2 N–H and O–H groups in total. The molecule has 10 nitrogen and oxygen atoms in total. The minimum Gasteiger partial charge on any atom is -0.493 e. The fourth-order valence-electron chi connectivity index (χ4n) is 3.16. The molecule has 0 spiro atoms. The molecule has 0 fully saturated rings. The number of amides is 2. The molecule has 1 aromatic heterocycles. The van der Waals surface area contributed by atoms with E-state index in [0.717, 1.165) is 5.56 Å². The molecule has 1 aliphatic heterocycles. The van der Waals surface area contributed by atoms with E-state index in [9.17, 15) is 9.59 Å². The molecule has 0 bridgehead atoms. The molecular weight excluding hydrogens is 450 g/mol. The molecule has 4 rings (SSSR count). The normalized spacial score (nSPS) is 11.6. The lowest BCUT2D eigenvalue weighted by atomic mass is 10.1. The third-order valence-corrected chi connectivity index (χ3v) is 5.51. The summed E-state index contributed by atoms with van der Waals surface area (Å²) in [6.07, 6.45) is 0. The van der Waals surface area contributed by atoms with Crippen LogP contribution in [0.3, 0.4) is 0 Å². The Kier molecular flexibility index (Phi) is 6.50. The molecule has 3 aromatic rings. The fraction of sp³-hybridized carbons (Fsp3) is 0.227. The molecule has 172 valence electrons. The van der Waals surface area contributed by atoms with Gasteiger partial charge in [-0.3, -0.25) is 9.59 Å². The van der Waals surface area contributed by atoms with Gasteiger partial charge in [0.05, 0.1) is 33.6 Å². The summed E-state index contributed by atoms with van der Waals surface area (Å²) < 4.78 is 26.4. The van der Waals surface area contributed by atoms with Crippen LogP contribution in [0.2, 0.25) is 0 Å². The van der Waals surface area contributed by atoms with E-state index in [-0.39, 0.29) is 18.9 Å². The summed E-state index contributed by atoms with van der Waals surface area (Å²) in [6.45, 7) is -0.0482. The zero-order valence-electron chi connectivity index (χ0n) is 18.1. The molecule has 11 heteroatoms. The third kappa shape index (κ3) is 4.77. The number of methoxy groups -OCH3 is 3. The molecule has 0 radical (unpaired) electrons. The van der Waals surface area contributed by atoms with Gasteiger partial charge >= 0.3 is 0 Å². The minimum atomic E-state index is -0.468. The first-order valence-electron chi connectivity index (χ1n) is 9.76. The molecular formula is C22H21N3O7S. The number of nitrogens with one attached hydrogen (secondary N) is 2. The topological polar surface area (TPSA) is 117 Å². The van der Waals surface area contributed by atoms with Crippen LogP contribution in [-0.2, 0) is 4.79 Å². The summed E-state index contributed by atoms with van der Waals surface area (Å²) in [5, 5.41) is 7.49. The van der Waals surface area contributed by atoms with Crippen molar-refractivity contribution < 1.29 is 33.3 Å². The highest BCUT2D eigenvalue weighted by atomic mass is 32.1. The Hall–Kier alpha value is -3.99. The first kappa shape index (κ1) is 22.2. The number of thiazole rings is 1. The molecule has 2 amide bonds. The van der Waals surface area contributed by atoms with Gasteiger partial charge in [0.2, 0.25) is 18.4 Å². The van der Waals surface area contributed by atoms with Crippen molar-refractivity contribution in [2.75, 3.05) is 40.0 Å². The number of hydrogen-bond acceptors (Lipinski definition) is 9. The van der Waals surface area contributed by atoms with Crippen LogP contribution in [0.4, 0.5) is 5.13 Å². The lowest BCUT2D eigenvalue weighted by Gasteiger charge is -2.14. The number of fused-ring (bicyclic) bond motifs is 1. The van der Waals surface area contributed by atoms with Crippen LogP contribution in [-0.4, -0.2) is 51.5 Å². The van der Waals surface area contributed by atoms with E-state index in [4.69, 9.17) is 23.7 Å². The standard InChI is InChI=1S/C22H21N3O7S/c1-28-17-7-13(8-18(29-2)20(17)30-3)21(27)23-9-19(26)25-22-24-14(10-33-22)12-4-5-15-16(6-12)32-11-31-15/h4-8,10H,9,11H2,1-3H3,(H,23,27)(H,24,25,26). The van der Waals surface area contributed by atoms with Gasteiger partial charge in [-0.15, -0.1) is 11.3 Å². The highest BCUT2D eigenvalue weighted by Gasteiger charge is 2.18. The second-order valence-corrected chi connectivity index (χ2v) is 7.61. The van der Waals surface area contributed by atoms with E-state index in [1.165, 1.54) is 44.8 Å². The zero-order valence-corrected chi connectivity index (χ0v) is 18.9. The maximum atomic E-state index is 12.5. The van der Waals surface area contributed by atoms with Gasteiger partial charge in [0.15, 0.2) is 28.1 Å². The molecule has 2 heterocycles. The first-order valence-corrected chi connectivity index (χ1v) is 10.6. The number of rotatable bonds is 8. The molecule has 1 aliphatic rings. The molecule has 0 atom stereocenters. The fourth-order valence-corrected chi connectivity index (χ4v) is 3.89. The Morgan fingerprint density at radius 1 is 1.03 bits per heavy atom. The van der Waals surface area contributed by atoms with Gasteiger partial charge < -0.3 is 34.3 Å². The lowest BCUT2D eigenvalue weighted by molar-refractivity contribution is -0.115. The lowest BCUT2D eigenvalue weighted by Crippen LogP contribution is -2.32. The van der Waals surface area contributed by atoms with Crippen molar-refractivity contribution in [3.63, 3.8) is 0 Å². The van der Waals surface area contributed by atoms with Gasteiger partial charge in [0.25, 0.3) is 5.91 Å². The quantitative estimate of drug-likeness (QED) is 0.515. The van der Waals surface area contributed by atoms with Gasteiger partial charge in [-0.2, -0.15) is 0 Å². The van der Waals surface area contributed by atoms with Gasteiger partial charge in [-0.05, 0) is 30.3 Å². The van der Waals surface area contributed by atoms with Crippen molar-refractivity contribution in [1.82, 2.24) is 10.3 Å². The van der Waals surface area contributed by atoms with Crippen molar-refractivity contribution >= 4 is 28.3 Å². The Morgan fingerprint density at radius 3 is 2.45 bits per heavy atom. The largest absolute Gasteiger partial charge is 0.493 e. The van der Waals surface area contributed by atoms with E-state index in [1.54, 1.807) is 0 Å². The van der Waals surface area contributed by atoms with Crippen LogP contribution in [0.25, 0.3) is 11.3 Å². The molecule has 33 heavy (non-hydrogen) atoms. The Bertz CT molecular complexity index is 1170. The highest BCUT2D eigenvalue weighted by molar-refractivity contribution is 7.14. The third-order valence-electron chi connectivity index (χ3n) is 4.76. The maximum absolute atomic E-state index is 12.5. The van der Waals surface area contributed by atoms with E-state index in [2.05, 4.69) is 15.6 Å². The van der Waals surface area contributed by atoms with Crippen LogP contribution in [0.1, 0.15) is 10.4 Å². The van der Waals surface area contributed by atoms with Crippen molar-refractivity contribution in [2.45, 2.75) is 0 Å². The van der Waals surface area contributed by atoms with Gasteiger partial charge in [-0.1, -0.05) is 0 Å². The van der Waals surface area contributed by atoms with Crippen LogP contribution in [0, 0.1) is 0 Å². The van der Waals surface area contributed by atoms with Crippen molar-refractivity contribution in [3.05, 3.63) is 41.3 Å². The van der Waals surface area contributed by atoms with E-state index in [1.807, 2.05) is 23.6 Å². The molecule has 0 aliphatic carbocycles. The van der Waals surface area contributed by atoms with E-state index in [0.29, 0.717) is 39.6 Å². The van der Waals surface area contributed by atoms with Crippen molar-refractivity contribution in [3.8, 4) is 40.0 Å². The number of aromatic nitrogens is 1. The monoisotopic (exact) mass is 471 g/mol. The van der Waals surface area contributed by atoms with Crippen LogP contribution in [0.5, 0.6) is 28.7 Å². The Labute approximate surface area is 193 Å². The number of carbonyl (C=O) groups is 2. The van der Waals surface area contributed by atoms with E-state index < -0.39 is 11.8 Å². The van der Waals surface area contributed by atoms with Crippen LogP contribution in [0.15, 0.2) is 35.7 Å². The van der Waals surface area contributed by atoms with Crippen LogP contribution >= 0.6 is 11.3 Å². The van der Waals surface area contributed by atoms with Gasteiger partial charge in [-0.25, -0.2) is 4.98 Å². The summed E-state index contributed by atoms with van der Waals surface area (Å²) in [4.78, 5) is 29.3. The van der Waals surface area contributed by atoms with Gasteiger partial charge in [0.1, 0.15) is 0 Å². The number of nitrogens with zero attached hydrogens (tertiary/aromatic N) is 1. The maximum Gasteiger partial charge on any atom is 0.251 e. The number of hydrogen-bond donors (Lipinski definition) is 2. The summed E-state index contributed by atoms with van der Waals surface area (Å²) in [5.41, 5.74) is 1.79. The van der Waals surface area contributed by atoms with Crippen molar-refractivity contribution in [2.24, 2.45) is 0 Å². The molecule has 2 aromatic carbocycles. The van der Waals surface area contributed by atoms with Gasteiger partial charge in [0, 0.05) is 16.5 Å². The number of ether oxygens (including phenoxy) is 5. The summed E-state index contributed by atoms with van der Waals surface area (Å²) >= 11 is 1.28. The van der Waals surface area contributed by atoms with Crippen molar-refractivity contribution in [1.29, 1.82) is 0 Å². The average Bonchev–Trinajstić information content (AvgIpc) is 3.50. The molecule has 0 unspecified atom stereocenters. The Morgan fingerprint density at radius 2 is 1.76 bits per heavy atom. The zero-order chi connectivity index (χ0) is 23.4. The van der Waals surface area contributed by atoms with E-state index >= 15 is 0 Å². The number of anilines is 1. The Balaban J connectivity index is 1.37. The number of carbonyl (C=O) groups excluding carboxylic acids is 2. The summed E-state index contributed by atoms with van der Waals surface area (Å²) in [7, 11) is 4.39. The summed E-state index contributed by atoms with van der Waals surface area (Å²) in [6, 6.07) is 8.53. The first-order chi connectivity index (χ1) is 16.0. The minimum absolute atomic E-state index is 0.193. The SMILES string of the molecule is COc1cc(C(=O)NCC(=O)Nc2nc(-c3ccc4c(c3)OCO4)cs2)cc(OC)c1OC. The smallest absolute Gasteiger partial charge is 0.251 e. The highest BCUT2D eigenvalue weighted by Crippen LogP contribution is 2.38. The summed E-state index contributed by atoms with van der Waals surface area (Å²) in [5.74, 6) is 1.50.